The Morgan fingerprint density at radius 2 is 1.84 bits per heavy atom. The van der Waals surface area contributed by atoms with E-state index in [1.165, 1.54) is 18.3 Å². The van der Waals surface area contributed by atoms with Crippen LogP contribution in [-0.2, 0) is 0 Å². The lowest BCUT2D eigenvalue weighted by Crippen LogP contribution is -2.15. The molecule has 0 aliphatic rings. The normalized spacial score (nSPS) is 10.3. The molecule has 7 heteroatoms. The van der Waals surface area contributed by atoms with Crippen LogP contribution < -0.4 is 5.32 Å². The Kier molecular flexibility index (Phi) is 3.71. The van der Waals surface area contributed by atoms with Gasteiger partial charge in [-0.15, -0.1) is 0 Å². The molecule has 0 aliphatic heterocycles. The first-order valence-corrected chi connectivity index (χ1v) is 5.43. The third-order valence-electron chi connectivity index (χ3n) is 2.25. The molecule has 1 amide bonds. The van der Waals surface area contributed by atoms with E-state index in [2.05, 4.69) is 10.3 Å². The fourth-order valence-electron chi connectivity index (χ4n) is 1.33. The summed E-state index contributed by atoms with van der Waals surface area (Å²) in [5.41, 5.74) is -0.615. The molecule has 1 aromatic carbocycles. The highest BCUT2D eigenvalue weighted by Gasteiger charge is 2.18. The summed E-state index contributed by atoms with van der Waals surface area (Å²) in [6.45, 7) is 0. The van der Waals surface area contributed by atoms with E-state index in [1.807, 2.05) is 0 Å². The summed E-state index contributed by atoms with van der Waals surface area (Å²) >= 11 is 5.60. The SMILES string of the molecule is O=C(Nc1ccc(Cl)cn1)c1ccc(F)c(F)c1F. The number of pyridine rings is 1. The van der Waals surface area contributed by atoms with E-state index in [4.69, 9.17) is 11.6 Å². The Morgan fingerprint density at radius 1 is 1.11 bits per heavy atom. The van der Waals surface area contributed by atoms with Crippen LogP contribution >= 0.6 is 11.6 Å². The molecule has 0 bridgehead atoms. The smallest absolute Gasteiger partial charge is 0.259 e. The summed E-state index contributed by atoms with van der Waals surface area (Å²) in [7, 11) is 0. The highest BCUT2D eigenvalue weighted by molar-refractivity contribution is 6.30. The van der Waals surface area contributed by atoms with Crippen molar-refractivity contribution in [1.82, 2.24) is 4.98 Å². The molecular weight excluding hydrogens is 281 g/mol. The van der Waals surface area contributed by atoms with Gasteiger partial charge < -0.3 is 5.32 Å². The van der Waals surface area contributed by atoms with Gasteiger partial charge in [0.05, 0.1) is 10.6 Å². The molecule has 0 spiro atoms. The first-order chi connectivity index (χ1) is 8.99. The Bertz CT molecular complexity index is 632. The number of amides is 1. The van der Waals surface area contributed by atoms with Gasteiger partial charge in [0.25, 0.3) is 5.91 Å². The number of benzene rings is 1. The number of halogens is 4. The lowest BCUT2D eigenvalue weighted by molar-refractivity contribution is 0.102. The Balaban J connectivity index is 2.25. The van der Waals surface area contributed by atoms with E-state index in [0.29, 0.717) is 11.1 Å². The monoisotopic (exact) mass is 286 g/mol. The van der Waals surface area contributed by atoms with Crippen molar-refractivity contribution in [2.45, 2.75) is 0 Å². The van der Waals surface area contributed by atoms with Crippen LogP contribution in [0, 0.1) is 17.5 Å². The summed E-state index contributed by atoms with van der Waals surface area (Å²) in [5, 5.41) is 2.59. The van der Waals surface area contributed by atoms with Gasteiger partial charge in [0.15, 0.2) is 17.5 Å². The molecule has 0 fully saturated rings. The molecule has 0 aliphatic carbocycles. The minimum Gasteiger partial charge on any atom is -0.306 e. The molecule has 3 nitrogen and oxygen atoms in total. The topological polar surface area (TPSA) is 42.0 Å². The maximum atomic E-state index is 13.4. The average Bonchev–Trinajstić information content (AvgIpc) is 2.39. The minimum atomic E-state index is -1.70. The molecule has 1 heterocycles. The summed E-state index contributed by atoms with van der Waals surface area (Å²) in [6, 6.07) is 4.37. The van der Waals surface area contributed by atoms with Gasteiger partial charge in [-0.3, -0.25) is 4.79 Å². The zero-order valence-corrected chi connectivity index (χ0v) is 10.0. The van der Waals surface area contributed by atoms with Crippen LogP contribution in [0.15, 0.2) is 30.5 Å². The molecule has 2 rings (SSSR count). The van der Waals surface area contributed by atoms with Gasteiger partial charge in [0.2, 0.25) is 0 Å². The van der Waals surface area contributed by atoms with Gasteiger partial charge in [-0.2, -0.15) is 0 Å². The van der Waals surface area contributed by atoms with E-state index < -0.39 is 28.9 Å². The molecule has 0 atom stereocenters. The quantitative estimate of drug-likeness (QED) is 0.860. The third-order valence-corrected chi connectivity index (χ3v) is 2.47. The predicted octanol–water partition coefficient (Wildman–Crippen LogP) is 3.40. The van der Waals surface area contributed by atoms with Gasteiger partial charge >= 0.3 is 0 Å². The molecule has 19 heavy (non-hydrogen) atoms. The van der Waals surface area contributed by atoms with E-state index in [0.717, 1.165) is 6.07 Å². The number of hydrogen-bond acceptors (Lipinski definition) is 2. The van der Waals surface area contributed by atoms with Crippen molar-refractivity contribution in [3.63, 3.8) is 0 Å². The first kappa shape index (κ1) is 13.4. The number of rotatable bonds is 2. The van der Waals surface area contributed by atoms with Crippen molar-refractivity contribution in [1.29, 1.82) is 0 Å². The highest BCUT2D eigenvalue weighted by Crippen LogP contribution is 2.17. The Labute approximate surface area is 111 Å². The van der Waals surface area contributed by atoms with Gasteiger partial charge in [-0.05, 0) is 24.3 Å². The van der Waals surface area contributed by atoms with Crippen molar-refractivity contribution >= 4 is 23.3 Å². The summed E-state index contributed by atoms with van der Waals surface area (Å²) in [4.78, 5) is 15.4. The number of carbonyl (C=O) groups excluding carboxylic acids is 1. The van der Waals surface area contributed by atoms with Crippen LogP contribution in [0.2, 0.25) is 5.02 Å². The predicted molar refractivity (Wildman–Crippen MR) is 63.5 cm³/mol. The first-order valence-electron chi connectivity index (χ1n) is 5.05. The molecule has 2 aromatic rings. The van der Waals surface area contributed by atoms with Crippen LogP contribution in [0.5, 0.6) is 0 Å². The fraction of sp³-hybridized carbons (Fsp3) is 0. The van der Waals surface area contributed by atoms with Crippen molar-refractivity contribution < 1.29 is 18.0 Å². The van der Waals surface area contributed by atoms with Crippen LogP contribution in [0.3, 0.4) is 0 Å². The Morgan fingerprint density at radius 3 is 2.47 bits per heavy atom. The second-order valence-corrected chi connectivity index (χ2v) is 3.98. The van der Waals surface area contributed by atoms with Crippen molar-refractivity contribution in [3.05, 3.63) is 58.5 Å². The molecule has 0 radical (unpaired) electrons. The average molecular weight is 287 g/mol. The van der Waals surface area contributed by atoms with Gasteiger partial charge in [0, 0.05) is 6.20 Å². The van der Waals surface area contributed by atoms with Crippen molar-refractivity contribution in [2.24, 2.45) is 0 Å². The summed E-state index contributed by atoms with van der Waals surface area (Å²) in [5.74, 6) is -5.44. The highest BCUT2D eigenvalue weighted by atomic mass is 35.5. The lowest BCUT2D eigenvalue weighted by Gasteiger charge is -2.06. The molecule has 1 N–H and O–H groups in total. The summed E-state index contributed by atoms with van der Waals surface area (Å²) < 4.78 is 39.1. The van der Waals surface area contributed by atoms with Crippen LogP contribution in [0.4, 0.5) is 19.0 Å². The zero-order chi connectivity index (χ0) is 14.0. The molecule has 98 valence electrons. The molecule has 0 saturated carbocycles. The largest absolute Gasteiger partial charge is 0.306 e. The molecule has 0 saturated heterocycles. The van der Waals surface area contributed by atoms with Gasteiger partial charge in [-0.25, -0.2) is 18.2 Å². The Hall–Kier alpha value is -2.08. The number of nitrogens with zero attached hydrogens (tertiary/aromatic N) is 1. The van der Waals surface area contributed by atoms with Gasteiger partial charge in [-0.1, -0.05) is 11.6 Å². The fourth-order valence-corrected chi connectivity index (χ4v) is 1.45. The van der Waals surface area contributed by atoms with Crippen molar-refractivity contribution in [2.75, 3.05) is 5.32 Å². The molecular formula is C12H6ClF3N2O. The standard InChI is InChI=1S/C12H6ClF3N2O/c13-6-1-4-9(17-5-6)18-12(19)7-2-3-8(14)11(16)10(7)15/h1-5H,(H,17,18,19). The van der Waals surface area contributed by atoms with Crippen LogP contribution in [0.25, 0.3) is 0 Å². The maximum Gasteiger partial charge on any atom is 0.259 e. The zero-order valence-electron chi connectivity index (χ0n) is 9.25. The molecule has 1 aromatic heterocycles. The number of nitrogens with one attached hydrogen (secondary N) is 1. The van der Waals surface area contributed by atoms with E-state index >= 15 is 0 Å². The maximum absolute atomic E-state index is 13.4. The number of carbonyl (C=O) groups is 1. The van der Waals surface area contributed by atoms with E-state index in [-0.39, 0.29) is 5.82 Å². The number of hydrogen-bond donors (Lipinski definition) is 1. The van der Waals surface area contributed by atoms with E-state index in [1.54, 1.807) is 0 Å². The van der Waals surface area contributed by atoms with Crippen LogP contribution in [0.1, 0.15) is 10.4 Å². The molecule has 0 unspecified atom stereocenters. The number of aromatic nitrogens is 1. The van der Waals surface area contributed by atoms with Crippen LogP contribution in [-0.4, -0.2) is 10.9 Å². The lowest BCUT2D eigenvalue weighted by atomic mass is 10.2. The second-order valence-electron chi connectivity index (χ2n) is 3.54. The van der Waals surface area contributed by atoms with Gasteiger partial charge in [0.1, 0.15) is 5.82 Å². The van der Waals surface area contributed by atoms with Crippen molar-refractivity contribution in [3.8, 4) is 0 Å². The second kappa shape index (κ2) is 5.27. The minimum absolute atomic E-state index is 0.110. The van der Waals surface area contributed by atoms with E-state index in [9.17, 15) is 18.0 Å². The summed E-state index contributed by atoms with van der Waals surface area (Å²) in [6.07, 6.45) is 1.28. The number of anilines is 1. The third kappa shape index (κ3) is 2.85.